The summed E-state index contributed by atoms with van der Waals surface area (Å²) in [6.45, 7) is 8.59. The summed E-state index contributed by atoms with van der Waals surface area (Å²) in [6, 6.07) is 11.4. The van der Waals surface area contributed by atoms with Gasteiger partial charge in [0.2, 0.25) is 0 Å². The van der Waals surface area contributed by atoms with Crippen LogP contribution < -0.4 is 15.8 Å². The highest BCUT2D eigenvalue weighted by Crippen LogP contribution is 2.29. The number of nitrogens with two attached hydrogens (primary N) is 1. The molecule has 0 saturated carbocycles. The van der Waals surface area contributed by atoms with Crippen molar-refractivity contribution < 1.29 is 9.53 Å². The van der Waals surface area contributed by atoms with E-state index in [1.165, 1.54) is 16.9 Å². The number of hydrogen-bond donors (Lipinski definition) is 2. The third kappa shape index (κ3) is 6.04. The van der Waals surface area contributed by atoms with Crippen molar-refractivity contribution in [3.05, 3.63) is 46.8 Å². The summed E-state index contributed by atoms with van der Waals surface area (Å²) in [7, 11) is 0. The number of thiophene rings is 1. The second-order valence-electron chi connectivity index (χ2n) is 6.72. The van der Waals surface area contributed by atoms with Crippen LogP contribution >= 0.6 is 11.3 Å². The summed E-state index contributed by atoms with van der Waals surface area (Å²) in [4.78, 5) is 11.6. The fourth-order valence-electron chi connectivity index (χ4n) is 2.00. The Balaban J connectivity index is 1.83. The third-order valence-corrected chi connectivity index (χ3v) is 4.32. The average molecular weight is 332 g/mol. The molecule has 2 aromatic rings. The number of carbonyl (C=O) groups excluding carboxylic acids is 1. The molecule has 3 N–H and O–H groups in total. The maximum absolute atomic E-state index is 11.1. The molecule has 1 aromatic carbocycles. The van der Waals surface area contributed by atoms with Gasteiger partial charge < -0.3 is 15.8 Å². The van der Waals surface area contributed by atoms with Crippen LogP contribution in [0.5, 0.6) is 10.8 Å². The van der Waals surface area contributed by atoms with E-state index in [9.17, 15) is 4.79 Å². The van der Waals surface area contributed by atoms with Gasteiger partial charge in [-0.25, -0.2) is 0 Å². The summed E-state index contributed by atoms with van der Waals surface area (Å²) >= 11 is 1.25. The van der Waals surface area contributed by atoms with Crippen molar-refractivity contribution in [3.63, 3.8) is 0 Å². The molecule has 0 saturated heterocycles. The summed E-state index contributed by atoms with van der Waals surface area (Å²) in [5, 5.41) is 4.11. The molecule has 0 fully saturated rings. The standard InChI is InChI=1S/C18H24N2O2S/c1-18(2,3)10-11-20-12-13-4-6-14(7-5-13)22-16-9-8-15(23-16)17(19)21/h4-9,20H,10-12H2,1-3H3,(H2,19,21). The molecule has 0 unspecified atom stereocenters. The number of ether oxygens (including phenoxy) is 1. The van der Waals surface area contributed by atoms with Crippen molar-refractivity contribution in [3.8, 4) is 10.8 Å². The lowest BCUT2D eigenvalue weighted by Crippen LogP contribution is -2.20. The predicted molar refractivity (Wildman–Crippen MR) is 95.1 cm³/mol. The van der Waals surface area contributed by atoms with Gasteiger partial charge in [-0.2, -0.15) is 0 Å². The Morgan fingerprint density at radius 3 is 2.43 bits per heavy atom. The fraction of sp³-hybridized carbons (Fsp3) is 0.389. The first-order chi connectivity index (χ1) is 10.8. The van der Waals surface area contributed by atoms with Gasteiger partial charge in [0.1, 0.15) is 5.75 Å². The number of nitrogens with one attached hydrogen (secondary N) is 1. The maximum atomic E-state index is 11.1. The Morgan fingerprint density at radius 2 is 1.87 bits per heavy atom. The highest BCUT2D eigenvalue weighted by atomic mass is 32.1. The van der Waals surface area contributed by atoms with E-state index in [0.29, 0.717) is 15.4 Å². The second-order valence-corrected chi connectivity index (χ2v) is 7.76. The first-order valence-electron chi connectivity index (χ1n) is 7.71. The van der Waals surface area contributed by atoms with Crippen molar-refractivity contribution in [1.29, 1.82) is 0 Å². The minimum Gasteiger partial charge on any atom is -0.447 e. The average Bonchev–Trinajstić information content (AvgIpc) is 2.93. The zero-order chi connectivity index (χ0) is 16.9. The molecule has 0 bridgehead atoms. The minimum absolute atomic E-state index is 0.356. The van der Waals surface area contributed by atoms with Crippen LogP contribution in [0.15, 0.2) is 36.4 Å². The van der Waals surface area contributed by atoms with Crippen LogP contribution in [0.3, 0.4) is 0 Å². The molecule has 124 valence electrons. The smallest absolute Gasteiger partial charge is 0.258 e. The van der Waals surface area contributed by atoms with Crippen LogP contribution in [-0.4, -0.2) is 12.5 Å². The lowest BCUT2D eigenvalue weighted by molar-refractivity contribution is 0.100. The Kier molecular flexibility index (Phi) is 5.80. The van der Waals surface area contributed by atoms with Gasteiger partial charge in [0.15, 0.2) is 5.06 Å². The molecule has 0 aliphatic heterocycles. The van der Waals surface area contributed by atoms with Crippen LogP contribution in [0.25, 0.3) is 0 Å². The fourth-order valence-corrected chi connectivity index (χ4v) is 2.72. The van der Waals surface area contributed by atoms with E-state index in [0.717, 1.165) is 25.3 Å². The van der Waals surface area contributed by atoms with Crippen LogP contribution in [0.2, 0.25) is 0 Å². The first kappa shape index (κ1) is 17.5. The summed E-state index contributed by atoms with van der Waals surface area (Å²) in [5.74, 6) is 0.322. The van der Waals surface area contributed by atoms with Gasteiger partial charge in [-0.3, -0.25) is 4.79 Å². The lowest BCUT2D eigenvalue weighted by Gasteiger charge is -2.18. The molecule has 1 amide bonds. The molecular weight excluding hydrogens is 308 g/mol. The number of primary amides is 1. The van der Waals surface area contributed by atoms with Gasteiger partial charge in [-0.15, -0.1) is 0 Å². The topological polar surface area (TPSA) is 64.3 Å². The molecule has 1 heterocycles. The minimum atomic E-state index is -0.429. The zero-order valence-electron chi connectivity index (χ0n) is 13.9. The SMILES string of the molecule is CC(C)(C)CCNCc1ccc(Oc2ccc(C(N)=O)s2)cc1. The largest absolute Gasteiger partial charge is 0.447 e. The quantitative estimate of drug-likeness (QED) is 0.748. The van der Waals surface area contributed by atoms with Gasteiger partial charge >= 0.3 is 0 Å². The lowest BCUT2D eigenvalue weighted by atomic mass is 9.92. The number of amides is 1. The van der Waals surface area contributed by atoms with Gasteiger partial charge in [0.05, 0.1) is 4.88 Å². The third-order valence-electron chi connectivity index (χ3n) is 3.35. The van der Waals surface area contributed by atoms with Crippen molar-refractivity contribution in [2.75, 3.05) is 6.54 Å². The van der Waals surface area contributed by atoms with Crippen molar-refractivity contribution in [2.45, 2.75) is 33.7 Å². The Morgan fingerprint density at radius 1 is 1.17 bits per heavy atom. The van der Waals surface area contributed by atoms with Crippen LogP contribution in [0.1, 0.15) is 42.4 Å². The Labute approximate surface area is 141 Å². The van der Waals surface area contributed by atoms with E-state index in [2.05, 4.69) is 26.1 Å². The Bertz CT molecular complexity index is 642. The van der Waals surface area contributed by atoms with Crippen molar-refractivity contribution in [1.82, 2.24) is 5.32 Å². The van der Waals surface area contributed by atoms with Crippen LogP contribution in [0, 0.1) is 5.41 Å². The number of benzene rings is 1. The van der Waals surface area contributed by atoms with E-state index in [1.807, 2.05) is 24.3 Å². The predicted octanol–water partition coefficient (Wildman–Crippen LogP) is 4.17. The highest BCUT2D eigenvalue weighted by molar-refractivity contribution is 7.15. The van der Waals surface area contributed by atoms with E-state index in [-0.39, 0.29) is 0 Å². The normalized spacial score (nSPS) is 11.4. The van der Waals surface area contributed by atoms with Crippen LogP contribution in [-0.2, 0) is 6.54 Å². The molecule has 0 spiro atoms. The van der Waals surface area contributed by atoms with Crippen molar-refractivity contribution >= 4 is 17.2 Å². The maximum Gasteiger partial charge on any atom is 0.258 e. The molecular formula is C18H24N2O2S. The molecule has 23 heavy (non-hydrogen) atoms. The number of hydrogen-bond acceptors (Lipinski definition) is 4. The number of rotatable bonds is 7. The van der Waals surface area contributed by atoms with Gasteiger partial charge in [-0.05, 0) is 48.2 Å². The molecule has 0 aliphatic carbocycles. The summed E-state index contributed by atoms with van der Waals surface area (Å²) in [6.07, 6.45) is 1.15. The van der Waals surface area contributed by atoms with E-state index < -0.39 is 5.91 Å². The van der Waals surface area contributed by atoms with Gasteiger partial charge in [0, 0.05) is 6.54 Å². The highest BCUT2D eigenvalue weighted by Gasteiger charge is 2.09. The van der Waals surface area contributed by atoms with Gasteiger partial charge in [-0.1, -0.05) is 44.2 Å². The monoisotopic (exact) mass is 332 g/mol. The van der Waals surface area contributed by atoms with Crippen LogP contribution in [0.4, 0.5) is 0 Å². The summed E-state index contributed by atoms with van der Waals surface area (Å²) in [5.41, 5.74) is 6.81. The molecule has 5 heteroatoms. The second kappa shape index (κ2) is 7.62. The zero-order valence-corrected chi connectivity index (χ0v) is 14.7. The van der Waals surface area contributed by atoms with Crippen molar-refractivity contribution in [2.24, 2.45) is 11.1 Å². The molecule has 2 rings (SSSR count). The molecule has 1 aromatic heterocycles. The molecule has 4 nitrogen and oxygen atoms in total. The molecule has 0 aliphatic rings. The van der Waals surface area contributed by atoms with E-state index in [4.69, 9.17) is 10.5 Å². The summed E-state index contributed by atoms with van der Waals surface area (Å²) < 4.78 is 5.72. The van der Waals surface area contributed by atoms with E-state index >= 15 is 0 Å². The molecule has 0 atom stereocenters. The Hall–Kier alpha value is -1.85. The number of carbonyl (C=O) groups is 1. The van der Waals surface area contributed by atoms with Gasteiger partial charge in [0.25, 0.3) is 5.91 Å². The molecule has 0 radical (unpaired) electrons. The first-order valence-corrected chi connectivity index (χ1v) is 8.52. The van der Waals surface area contributed by atoms with E-state index in [1.54, 1.807) is 12.1 Å².